The van der Waals surface area contributed by atoms with E-state index in [1.807, 2.05) is 6.92 Å². The molecule has 2 aromatic carbocycles. The van der Waals surface area contributed by atoms with Crippen molar-refractivity contribution in [3.63, 3.8) is 0 Å². The highest BCUT2D eigenvalue weighted by atomic mass is 35.5. The zero-order valence-corrected chi connectivity index (χ0v) is 11.7. The van der Waals surface area contributed by atoms with Gasteiger partial charge in [-0.25, -0.2) is 4.39 Å². The lowest BCUT2D eigenvalue weighted by molar-refractivity contribution is 0.102. The maximum absolute atomic E-state index is 13.1. The van der Waals surface area contributed by atoms with Gasteiger partial charge < -0.3 is 10.6 Å². The second-order valence-corrected chi connectivity index (χ2v) is 4.62. The highest BCUT2D eigenvalue weighted by molar-refractivity contribution is 6.31. The number of nitrogens with one attached hydrogen (secondary N) is 2. The Kier molecular flexibility index (Phi) is 4.58. The lowest BCUT2D eigenvalue weighted by Gasteiger charge is -2.11. The van der Waals surface area contributed by atoms with Crippen LogP contribution in [0.1, 0.15) is 17.3 Å². The first kappa shape index (κ1) is 14.3. The lowest BCUT2D eigenvalue weighted by atomic mass is 10.1. The van der Waals surface area contributed by atoms with Gasteiger partial charge in [0.25, 0.3) is 5.91 Å². The van der Waals surface area contributed by atoms with Crippen molar-refractivity contribution in [3.8, 4) is 0 Å². The van der Waals surface area contributed by atoms with E-state index in [2.05, 4.69) is 10.6 Å². The van der Waals surface area contributed by atoms with E-state index in [1.165, 1.54) is 18.2 Å². The molecular weight excluding hydrogens is 279 g/mol. The summed E-state index contributed by atoms with van der Waals surface area (Å²) in [6, 6.07) is 10.8. The third-order valence-electron chi connectivity index (χ3n) is 2.68. The lowest BCUT2D eigenvalue weighted by Crippen LogP contribution is -2.15. The van der Waals surface area contributed by atoms with E-state index in [1.54, 1.807) is 24.3 Å². The molecule has 0 unspecified atom stereocenters. The fraction of sp³-hybridized carbons (Fsp3) is 0.133. The van der Waals surface area contributed by atoms with Gasteiger partial charge in [0.2, 0.25) is 0 Å². The Balaban J connectivity index is 2.26. The summed E-state index contributed by atoms with van der Waals surface area (Å²) in [7, 11) is 0. The van der Waals surface area contributed by atoms with Gasteiger partial charge in [-0.3, -0.25) is 4.79 Å². The minimum Gasteiger partial charge on any atom is -0.385 e. The van der Waals surface area contributed by atoms with Crippen LogP contribution in [0.25, 0.3) is 0 Å². The topological polar surface area (TPSA) is 41.1 Å². The summed E-state index contributed by atoms with van der Waals surface area (Å²) >= 11 is 5.92. The summed E-state index contributed by atoms with van der Waals surface area (Å²) in [5.41, 5.74) is 1.51. The zero-order valence-electron chi connectivity index (χ0n) is 10.9. The van der Waals surface area contributed by atoms with E-state index in [9.17, 15) is 9.18 Å². The monoisotopic (exact) mass is 292 g/mol. The summed E-state index contributed by atoms with van der Waals surface area (Å²) in [4.78, 5) is 12.2. The normalized spacial score (nSPS) is 10.2. The van der Waals surface area contributed by atoms with Gasteiger partial charge in [-0.1, -0.05) is 17.7 Å². The second kappa shape index (κ2) is 6.39. The van der Waals surface area contributed by atoms with Crippen molar-refractivity contribution in [2.24, 2.45) is 0 Å². The molecule has 0 saturated heterocycles. The molecule has 5 heteroatoms. The molecule has 0 aliphatic rings. The molecule has 2 aromatic rings. The van der Waals surface area contributed by atoms with Crippen molar-refractivity contribution in [2.45, 2.75) is 6.92 Å². The van der Waals surface area contributed by atoms with Gasteiger partial charge >= 0.3 is 0 Å². The molecule has 0 fully saturated rings. The molecule has 2 N–H and O–H groups in total. The first-order chi connectivity index (χ1) is 9.60. The highest BCUT2D eigenvalue weighted by Crippen LogP contribution is 2.22. The predicted molar refractivity (Wildman–Crippen MR) is 80.0 cm³/mol. The minimum atomic E-state index is -0.402. The summed E-state index contributed by atoms with van der Waals surface area (Å²) in [5, 5.41) is 6.20. The smallest absolute Gasteiger partial charge is 0.257 e. The Morgan fingerprint density at radius 3 is 2.75 bits per heavy atom. The van der Waals surface area contributed by atoms with Crippen molar-refractivity contribution < 1.29 is 9.18 Å². The van der Waals surface area contributed by atoms with Gasteiger partial charge in [-0.2, -0.15) is 0 Å². The van der Waals surface area contributed by atoms with Gasteiger partial charge in [0.15, 0.2) is 0 Å². The summed E-state index contributed by atoms with van der Waals surface area (Å²) in [6.07, 6.45) is 0. The first-order valence-corrected chi connectivity index (χ1v) is 6.58. The Labute approximate surface area is 121 Å². The molecule has 0 atom stereocenters. The Bertz CT molecular complexity index is 631. The van der Waals surface area contributed by atoms with Crippen molar-refractivity contribution >= 4 is 28.9 Å². The largest absolute Gasteiger partial charge is 0.385 e. The molecule has 2 rings (SSSR count). The zero-order chi connectivity index (χ0) is 14.5. The number of hydrogen-bond acceptors (Lipinski definition) is 2. The maximum Gasteiger partial charge on any atom is 0.257 e. The number of hydrogen-bond donors (Lipinski definition) is 2. The maximum atomic E-state index is 13.1. The Hall–Kier alpha value is -2.07. The average molecular weight is 293 g/mol. The van der Waals surface area contributed by atoms with E-state index in [0.29, 0.717) is 28.5 Å². The summed E-state index contributed by atoms with van der Waals surface area (Å²) in [6.45, 7) is 2.62. The molecule has 1 amide bonds. The number of carbonyl (C=O) groups excluding carboxylic acids is 1. The molecule has 0 heterocycles. The third-order valence-corrected chi connectivity index (χ3v) is 2.91. The van der Waals surface area contributed by atoms with Crippen molar-refractivity contribution in [1.82, 2.24) is 0 Å². The molecule has 3 nitrogen and oxygen atoms in total. The fourth-order valence-corrected chi connectivity index (χ4v) is 1.99. The first-order valence-electron chi connectivity index (χ1n) is 6.20. The van der Waals surface area contributed by atoms with Gasteiger partial charge in [-0.15, -0.1) is 0 Å². The molecule has 0 aliphatic heterocycles. The Morgan fingerprint density at radius 2 is 2.05 bits per heavy atom. The van der Waals surface area contributed by atoms with Crippen LogP contribution in [-0.4, -0.2) is 12.5 Å². The molecule has 0 radical (unpaired) electrons. The molecule has 0 aliphatic carbocycles. The summed E-state index contributed by atoms with van der Waals surface area (Å²) in [5.74, 6) is -0.741. The van der Waals surface area contributed by atoms with Crippen LogP contribution < -0.4 is 10.6 Å². The Morgan fingerprint density at radius 1 is 1.25 bits per heavy atom. The molecular formula is C15H14ClFN2O. The SMILES string of the molecule is CCNc1ccc(Cl)cc1C(=O)Nc1cccc(F)c1. The average Bonchev–Trinajstić information content (AvgIpc) is 2.41. The standard InChI is InChI=1S/C15H14ClFN2O/c1-2-18-14-7-6-10(16)8-13(14)15(20)19-12-5-3-4-11(17)9-12/h3-9,18H,2H2,1H3,(H,19,20). The van der Waals surface area contributed by atoms with Crippen molar-refractivity contribution in [1.29, 1.82) is 0 Å². The van der Waals surface area contributed by atoms with E-state index >= 15 is 0 Å². The van der Waals surface area contributed by atoms with Gasteiger partial charge in [-0.05, 0) is 43.3 Å². The summed E-state index contributed by atoms with van der Waals surface area (Å²) < 4.78 is 13.1. The predicted octanol–water partition coefficient (Wildman–Crippen LogP) is 4.16. The fourth-order valence-electron chi connectivity index (χ4n) is 1.81. The molecule has 20 heavy (non-hydrogen) atoms. The molecule has 104 valence electrons. The number of carbonyl (C=O) groups is 1. The molecule has 0 bridgehead atoms. The van der Waals surface area contributed by atoms with Gasteiger partial charge in [0.05, 0.1) is 5.56 Å². The van der Waals surface area contributed by atoms with E-state index in [-0.39, 0.29) is 5.91 Å². The van der Waals surface area contributed by atoms with E-state index < -0.39 is 5.82 Å². The second-order valence-electron chi connectivity index (χ2n) is 4.18. The number of rotatable bonds is 4. The van der Waals surface area contributed by atoms with Crippen LogP contribution in [0.15, 0.2) is 42.5 Å². The third kappa shape index (κ3) is 3.48. The highest BCUT2D eigenvalue weighted by Gasteiger charge is 2.12. The van der Waals surface area contributed by atoms with Crippen LogP contribution in [0, 0.1) is 5.82 Å². The molecule has 0 aromatic heterocycles. The van der Waals surface area contributed by atoms with Crippen LogP contribution >= 0.6 is 11.6 Å². The van der Waals surface area contributed by atoms with Crippen LogP contribution in [0.5, 0.6) is 0 Å². The van der Waals surface area contributed by atoms with E-state index in [0.717, 1.165) is 0 Å². The van der Waals surface area contributed by atoms with Crippen LogP contribution in [0.2, 0.25) is 5.02 Å². The van der Waals surface area contributed by atoms with Gasteiger partial charge in [0.1, 0.15) is 5.82 Å². The number of benzene rings is 2. The van der Waals surface area contributed by atoms with E-state index in [4.69, 9.17) is 11.6 Å². The number of amides is 1. The molecule has 0 saturated carbocycles. The van der Waals surface area contributed by atoms with Crippen molar-refractivity contribution in [3.05, 3.63) is 58.9 Å². The molecule has 0 spiro atoms. The van der Waals surface area contributed by atoms with Crippen LogP contribution in [0.3, 0.4) is 0 Å². The van der Waals surface area contributed by atoms with Crippen LogP contribution in [-0.2, 0) is 0 Å². The van der Waals surface area contributed by atoms with Crippen LogP contribution in [0.4, 0.5) is 15.8 Å². The minimum absolute atomic E-state index is 0.339. The van der Waals surface area contributed by atoms with Crippen molar-refractivity contribution in [2.75, 3.05) is 17.2 Å². The number of halogens is 2. The van der Waals surface area contributed by atoms with Gasteiger partial charge in [0, 0.05) is 22.9 Å². The number of anilines is 2. The quantitative estimate of drug-likeness (QED) is 0.888.